The Labute approximate surface area is 194 Å². The standard InChI is InChI=1S/C11H15ClO3S.C10H13ClO3S/c1-4-11(2,3)9-5-7-10(8-6-9)15-16(12,13)14;1-10(2,3)8-4-6-9(7-5-8)14-15(11,12)13/h5-8H,4H2,1-3H3;4-7H,1-3H3. The van der Waals surface area contributed by atoms with Gasteiger partial charge in [-0.1, -0.05) is 65.8 Å². The third kappa shape index (κ3) is 10.6. The molecule has 0 aromatic heterocycles. The molecule has 0 saturated heterocycles. The maximum Gasteiger partial charge on any atom is 0.401 e. The van der Waals surface area contributed by atoms with Crippen LogP contribution >= 0.6 is 21.4 Å². The highest BCUT2D eigenvalue weighted by molar-refractivity contribution is 8.10. The summed E-state index contributed by atoms with van der Waals surface area (Å²) in [6.07, 6.45) is 1.00. The van der Waals surface area contributed by atoms with E-state index in [9.17, 15) is 16.8 Å². The molecule has 0 amide bonds. The summed E-state index contributed by atoms with van der Waals surface area (Å²) < 4.78 is 51.7. The zero-order valence-corrected chi connectivity index (χ0v) is 21.5. The molecule has 2 aromatic carbocycles. The van der Waals surface area contributed by atoms with Crippen molar-refractivity contribution in [2.75, 3.05) is 0 Å². The second kappa shape index (κ2) is 10.4. The number of rotatable bonds is 6. The van der Waals surface area contributed by atoms with Crippen LogP contribution in [-0.4, -0.2) is 16.8 Å². The van der Waals surface area contributed by atoms with E-state index in [0.29, 0.717) is 0 Å². The van der Waals surface area contributed by atoms with E-state index in [-0.39, 0.29) is 22.3 Å². The van der Waals surface area contributed by atoms with Crippen LogP contribution in [0.25, 0.3) is 0 Å². The Morgan fingerprint density at radius 1 is 0.677 bits per heavy atom. The van der Waals surface area contributed by atoms with Crippen molar-refractivity contribution < 1.29 is 25.2 Å². The molecule has 10 heteroatoms. The topological polar surface area (TPSA) is 86.7 Å². The van der Waals surface area contributed by atoms with Gasteiger partial charge in [0.05, 0.1) is 21.4 Å². The highest BCUT2D eigenvalue weighted by Gasteiger charge is 2.18. The van der Waals surface area contributed by atoms with Crippen LogP contribution in [-0.2, 0) is 29.5 Å². The van der Waals surface area contributed by atoms with Crippen LogP contribution in [0.5, 0.6) is 11.5 Å². The van der Waals surface area contributed by atoms with E-state index in [0.717, 1.165) is 17.5 Å². The van der Waals surface area contributed by atoms with Gasteiger partial charge in [-0.3, -0.25) is 0 Å². The van der Waals surface area contributed by atoms with E-state index >= 15 is 0 Å². The lowest BCUT2D eigenvalue weighted by Gasteiger charge is -2.23. The third-order valence-electron chi connectivity index (χ3n) is 4.63. The predicted octanol–water partition coefficient (Wildman–Crippen LogP) is 6.08. The maximum absolute atomic E-state index is 10.7. The van der Waals surface area contributed by atoms with Crippen LogP contribution < -0.4 is 8.37 Å². The van der Waals surface area contributed by atoms with Crippen LogP contribution in [0.2, 0.25) is 0 Å². The molecule has 0 aliphatic rings. The number of hydrogen-bond donors (Lipinski definition) is 0. The van der Waals surface area contributed by atoms with E-state index in [4.69, 9.17) is 21.4 Å². The fourth-order valence-electron chi connectivity index (χ4n) is 2.41. The van der Waals surface area contributed by atoms with Crippen molar-refractivity contribution in [3.8, 4) is 11.5 Å². The van der Waals surface area contributed by atoms with Crippen molar-refractivity contribution in [3.63, 3.8) is 0 Å². The van der Waals surface area contributed by atoms with E-state index in [1.807, 2.05) is 24.3 Å². The molecule has 0 fully saturated rings. The molecule has 6 nitrogen and oxygen atoms in total. The van der Waals surface area contributed by atoms with Crippen LogP contribution in [0, 0.1) is 0 Å². The first-order valence-electron chi connectivity index (χ1n) is 9.42. The monoisotopic (exact) mass is 510 g/mol. The minimum absolute atomic E-state index is 0.0262. The van der Waals surface area contributed by atoms with Crippen molar-refractivity contribution in [1.29, 1.82) is 0 Å². The minimum atomic E-state index is -3.96. The summed E-state index contributed by atoms with van der Waals surface area (Å²) in [6, 6.07) is 13.7. The molecule has 2 aromatic rings. The van der Waals surface area contributed by atoms with Gasteiger partial charge in [0.25, 0.3) is 0 Å². The molecule has 174 valence electrons. The van der Waals surface area contributed by atoms with E-state index in [1.54, 1.807) is 24.3 Å². The Hall–Kier alpha value is -1.48. The van der Waals surface area contributed by atoms with Crippen molar-refractivity contribution in [3.05, 3.63) is 59.7 Å². The van der Waals surface area contributed by atoms with Crippen molar-refractivity contribution in [2.45, 2.75) is 58.8 Å². The van der Waals surface area contributed by atoms with Gasteiger partial charge >= 0.3 is 18.7 Å². The Morgan fingerprint density at radius 3 is 1.26 bits per heavy atom. The minimum Gasteiger partial charge on any atom is -0.371 e. The Morgan fingerprint density at radius 2 is 1.00 bits per heavy atom. The summed E-state index contributed by atoms with van der Waals surface area (Å²) in [6.45, 7) is 12.6. The zero-order chi connectivity index (χ0) is 24.1. The Balaban J connectivity index is 0.000000311. The first-order valence-corrected chi connectivity index (χ1v) is 13.9. The molecule has 0 spiro atoms. The molecule has 2 rings (SSSR count). The molecule has 0 aliphatic heterocycles. The molecule has 0 aliphatic carbocycles. The van der Waals surface area contributed by atoms with E-state index in [1.165, 1.54) is 0 Å². The number of halogens is 2. The Bertz CT molecular complexity index is 1050. The van der Waals surface area contributed by atoms with Gasteiger partial charge < -0.3 is 8.37 Å². The van der Waals surface area contributed by atoms with E-state index in [2.05, 4.69) is 49.9 Å². The average molecular weight is 511 g/mol. The first kappa shape index (κ1) is 27.6. The second-order valence-corrected chi connectivity index (χ2v) is 12.7. The van der Waals surface area contributed by atoms with Crippen LogP contribution in [0.3, 0.4) is 0 Å². The van der Waals surface area contributed by atoms with Gasteiger partial charge in [0, 0.05) is 0 Å². The normalized spacial score (nSPS) is 12.5. The van der Waals surface area contributed by atoms with Crippen molar-refractivity contribution >= 4 is 40.0 Å². The van der Waals surface area contributed by atoms with Crippen LogP contribution in [0.4, 0.5) is 0 Å². The molecule has 0 radical (unpaired) electrons. The second-order valence-electron chi connectivity index (χ2n) is 8.49. The van der Waals surface area contributed by atoms with Gasteiger partial charge in [0.1, 0.15) is 11.5 Å². The summed E-state index contributed by atoms with van der Waals surface area (Å²) in [4.78, 5) is 0. The van der Waals surface area contributed by atoms with Crippen molar-refractivity contribution in [1.82, 2.24) is 0 Å². The molecular formula is C21H28Cl2O6S2. The predicted molar refractivity (Wildman–Crippen MR) is 126 cm³/mol. The van der Waals surface area contributed by atoms with Gasteiger partial charge in [-0.25, -0.2) is 0 Å². The molecule has 0 atom stereocenters. The lowest BCUT2D eigenvalue weighted by Crippen LogP contribution is -2.15. The fraction of sp³-hybridized carbons (Fsp3) is 0.429. The van der Waals surface area contributed by atoms with Crippen LogP contribution in [0.15, 0.2) is 48.5 Å². The van der Waals surface area contributed by atoms with E-state index < -0.39 is 18.7 Å². The maximum atomic E-state index is 10.7. The summed E-state index contributed by atoms with van der Waals surface area (Å²) in [5, 5.41) is 0. The summed E-state index contributed by atoms with van der Waals surface area (Å²) in [7, 11) is 2.01. The quantitative estimate of drug-likeness (QED) is 0.437. The summed E-state index contributed by atoms with van der Waals surface area (Å²) in [5.41, 5.74) is 2.33. The van der Waals surface area contributed by atoms with Crippen molar-refractivity contribution in [2.24, 2.45) is 0 Å². The van der Waals surface area contributed by atoms with Gasteiger partial charge in [-0.05, 0) is 52.6 Å². The SMILES string of the molecule is CC(C)(C)c1ccc(OS(=O)(=O)Cl)cc1.CCC(C)(C)c1ccc(OS(=O)(=O)Cl)cc1. The molecular weight excluding hydrogens is 483 g/mol. The lowest BCUT2D eigenvalue weighted by atomic mass is 9.82. The van der Waals surface area contributed by atoms with Gasteiger partial charge in [-0.2, -0.15) is 16.8 Å². The molecule has 0 saturated carbocycles. The Kier molecular flexibility index (Phi) is 9.27. The summed E-state index contributed by atoms with van der Waals surface area (Å²) in [5.74, 6) is 0.448. The highest BCUT2D eigenvalue weighted by atomic mass is 35.7. The zero-order valence-electron chi connectivity index (χ0n) is 18.3. The third-order valence-corrected chi connectivity index (χ3v) is 5.79. The summed E-state index contributed by atoms with van der Waals surface area (Å²) >= 11 is 0. The molecule has 0 N–H and O–H groups in total. The molecule has 31 heavy (non-hydrogen) atoms. The smallest absolute Gasteiger partial charge is 0.371 e. The number of benzene rings is 2. The average Bonchev–Trinajstić information content (AvgIpc) is 2.60. The largest absolute Gasteiger partial charge is 0.401 e. The van der Waals surface area contributed by atoms with Gasteiger partial charge in [0.15, 0.2) is 0 Å². The van der Waals surface area contributed by atoms with Gasteiger partial charge in [0.2, 0.25) is 0 Å². The van der Waals surface area contributed by atoms with Crippen LogP contribution in [0.1, 0.15) is 59.1 Å². The first-order chi connectivity index (χ1) is 13.9. The lowest BCUT2D eigenvalue weighted by molar-refractivity contribution is 0.496. The molecule has 0 unspecified atom stereocenters. The number of hydrogen-bond acceptors (Lipinski definition) is 6. The highest BCUT2D eigenvalue weighted by Crippen LogP contribution is 2.28. The van der Waals surface area contributed by atoms with Gasteiger partial charge in [-0.15, -0.1) is 0 Å². The molecule has 0 bridgehead atoms. The fourth-order valence-corrected chi connectivity index (χ4v) is 3.52. The molecule has 0 heterocycles.